The van der Waals surface area contributed by atoms with Gasteiger partial charge in [-0.1, -0.05) is 26.2 Å². The zero-order valence-electron chi connectivity index (χ0n) is 15.3. The Bertz CT molecular complexity index is 656. The van der Waals surface area contributed by atoms with Gasteiger partial charge in [-0.05, 0) is 30.2 Å². The molecule has 0 unspecified atom stereocenters. The summed E-state index contributed by atoms with van der Waals surface area (Å²) in [7, 11) is 0. The minimum Gasteiger partial charge on any atom is -0.472 e. The summed E-state index contributed by atoms with van der Waals surface area (Å²) in [6.45, 7) is 3.68. The first-order chi connectivity index (χ1) is 12.7. The maximum Gasteiger partial charge on any atom is 0.257 e. The standard InChI is InChI=1S/C20H27N3O3/c1-2-3-4-5-12-23(20(25)18-9-14-26-16-18)13-8-19(24)22-15-17-6-10-21-11-7-17/h6-7,9-11,14,16H,2-5,8,12-13,15H2,1H3,(H,22,24). The molecule has 1 N–H and O–H groups in total. The molecule has 6 nitrogen and oxygen atoms in total. The first-order valence-corrected chi connectivity index (χ1v) is 9.17. The monoisotopic (exact) mass is 357 g/mol. The highest BCUT2D eigenvalue weighted by Crippen LogP contribution is 2.09. The lowest BCUT2D eigenvalue weighted by Gasteiger charge is -2.22. The number of hydrogen-bond acceptors (Lipinski definition) is 4. The Balaban J connectivity index is 1.82. The van der Waals surface area contributed by atoms with Crippen molar-refractivity contribution in [2.24, 2.45) is 0 Å². The van der Waals surface area contributed by atoms with Crippen molar-refractivity contribution in [3.8, 4) is 0 Å². The van der Waals surface area contributed by atoms with Crippen LogP contribution in [-0.2, 0) is 11.3 Å². The van der Waals surface area contributed by atoms with Crippen molar-refractivity contribution >= 4 is 11.8 Å². The summed E-state index contributed by atoms with van der Waals surface area (Å²) in [5.41, 5.74) is 1.52. The van der Waals surface area contributed by atoms with Gasteiger partial charge in [0.25, 0.3) is 5.91 Å². The van der Waals surface area contributed by atoms with Crippen molar-refractivity contribution in [2.75, 3.05) is 13.1 Å². The number of aromatic nitrogens is 1. The lowest BCUT2D eigenvalue weighted by Crippen LogP contribution is -2.35. The molecule has 0 aliphatic heterocycles. The van der Waals surface area contributed by atoms with Crippen LogP contribution < -0.4 is 5.32 Å². The maximum absolute atomic E-state index is 12.6. The highest BCUT2D eigenvalue weighted by atomic mass is 16.3. The molecule has 0 atom stereocenters. The van der Waals surface area contributed by atoms with Gasteiger partial charge in [0.2, 0.25) is 5.91 Å². The van der Waals surface area contributed by atoms with E-state index in [1.54, 1.807) is 23.4 Å². The summed E-state index contributed by atoms with van der Waals surface area (Å²) in [6.07, 6.45) is 10.9. The fourth-order valence-corrected chi connectivity index (χ4v) is 2.64. The molecule has 0 aromatic carbocycles. The largest absolute Gasteiger partial charge is 0.472 e. The topological polar surface area (TPSA) is 75.4 Å². The van der Waals surface area contributed by atoms with Crippen LogP contribution in [0.5, 0.6) is 0 Å². The second-order valence-electron chi connectivity index (χ2n) is 6.25. The van der Waals surface area contributed by atoms with E-state index in [1.807, 2.05) is 12.1 Å². The fourth-order valence-electron chi connectivity index (χ4n) is 2.64. The third-order valence-corrected chi connectivity index (χ3v) is 4.18. The van der Waals surface area contributed by atoms with E-state index in [9.17, 15) is 9.59 Å². The fraction of sp³-hybridized carbons (Fsp3) is 0.450. The first-order valence-electron chi connectivity index (χ1n) is 9.17. The van der Waals surface area contributed by atoms with Gasteiger partial charge in [0.15, 0.2) is 0 Å². The molecule has 140 valence electrons. The van der Waals surface area contributed by atoms with Crippen LogP contribution in [0.25, 0.3) is 0 Å². The number of nitrogens with one attached hydrogen (secondary N) is 1. The van der Waals surface area contributed by atoms with Gasteiger partial charge < -0.3 is 14.6 Å². The van der Waals surface area contributed by atoms with Gasteiger partial charge in [-0.2, -0.15) is 0 Å². The number of amides is 2. The van der Waals surface area contributed by atoms with Crippen molar-refractivity contribution in [3.05, 3.63) is 54.2 Å². The van der Waals surface area contributed by atoms with Crippen LogP contribution in [0.2, 0.25) is 0 Å². The normalized spacial score (nSPS) is 10.5. The average Bonchev–Trinajstić information content (AvgIpc) is 3.21. The second-order valence-corrected chi connectivity index (χ2v) is 6.25. The predicted molar refractivity (Wildman–Crippen MR) is 99.5 cm³/mol. The zero-order chi connectivity index (χ0) is 18.6. The minimum absolute atomic E-state index is 0.0691. The number of unbranched alkanes of at least 4 members (excludes halogenated alkanes) is 3. The lowest BCUT2D eigenvalue weighted by molar-refractivity contribution is -0.121. The molecule has 0 fully saturated rings. The molecule has 0 radical (unpaired) electrons. The second kappa shape index (κ2) is 11.1. The summed E-state index contributed by atoms with van der Waals surface area (Å²) in [5, 5.41) is 2.88. The molecule has 0 saturated heterocycles. The zero-order valence-corrected chi connectivity index (χ0v) is 15.3. The van der Waals surface area contributed by atoms with E-state index in [2.05, 4.69) is 17.2 Å². The van der Waals surface area contributed by atoms with Gasteiger partial charge in [-0.15, -0.1) is 0 Å². The van der Waals surface area contributed by atoms with Crippen LogP contribution in [0.4, 0.5) is 0 Å². The number of nitrogens with zero attached hydrogens (tertiary/aromatic N) is 2. The van der Waals surface area contributed by atoms with Gasteiger partial charge in [0.1, 0.15) is 6.26 Å². The Kier molecular flexibility index (Phi) is 8.39. The van der Waals surface area contributed by atoms with E-state index < -0.39 is 0 Å². The smallest absolute Gasteiger partial charge is 0.257 e. The van der Waals surface area contributed by atoms with Gasteiger partial charge in [0, 0.05) is 38.4 Å². The number of carbonyl (C=O) groups is 2. The quantitative estimate of drug-likeness (QED) is 0.625. The van der Waals surface area contributed by atoms with E-state index in [1.165, 1.54) is 12.5 Å². The molecule has 0 aliphatic carbocycles. The molecule has 2 amide bonds. The van der Waals surface area contributed by atoms with Crippen LogP contribution in [0, 0.1) is 0 Å². The molecular formula is C20H27N3O3. The maximum atomic E-state index is 12.6. The van der Waals surface area contributed by atoms with E-state index >= 15 is 0 Å². The lowest BCUT2D eigenvalue weighted by atomic mass is 10.2. The summed E-state index contributed by atoms with van der Waals surface area (Å²) >= 11 is 0. The Morgan fingerprint density at radius 1 is 1.12 bits per heavy atom. The SMILES string of the molecule is CCCCCCN(CCC(=O)NCc1ccncc1)C(=O)c1ccoc1. The molecule has 2 rings (SSSR count). The van der Waals surface area contributed by atoms with E-state index in [-0.39, 0.29) is 18.2 Å². The van der Waals surface area contributed by atoms with Gasteiger partial charge in [-0.3, -0.25) is 14.6 Å². The Labute approximate surface area is 154 Å². The van der Waals surface area contributed by atoms with E-state index in [0.717, 1.165) is 31.2 Å². The molecule has 2 heterocycles. The highest BCUT2D eigenvalue weighted by molar-refractivity contribution is 5.94. The van der Waals surface area contributed by atoms with Crippen LogP contribution in [0.3, 0.4) is 0 Å². The van der Waals surface area contributed by atoms with Crippen LogP contribution in [-0.4, -0.2) is 34.8 Å². The highest BCUT2D eigenvalue weighted by Gasteiger charge is 2.17. The molecule has 0 spiro atoms. The average molecular weight is 357 g/mol. The number of furan rings is 1. The van der Waals surface area contributed by atoms with Gasteiger partial charge >= 0.3 is 0 Å². The molecule has 26 heavy (non-hydrogen) atoms. The summed E-state index contributed by atoms with van der Waals surface area (Å²) in [5.74, 6) is -0.155. The van der Waals surface area contributed by atoms with E-state index in [0.29, 0.717) is 25.2 Å². The summed E-state index contributed by atoms with van der Waals surface area (Å²) < 4.78 is 5.01. The Hall–Kier alpha value is -2.63. The number of hydrogen-bond donors (Lipinski definition) is 1. The minimum atomic E-state index is -0.0859. The molecule has 2 aromatic heterocycles. The van der Waals surface area contributed by atoms with Crippen LogP contribution in [0.1, 0.15) is 54.9 Å². The third-order valence-electron chi connectivity index (χ3n) is 4.18. The molecule has 0 saturated carbocycles. The number of pyridine rings is 1. The van der Waals surface area contributed by atoms with Gasteiger partial charge in [0.05, 0.1) is 11.8 Å². The van der Waals surface area contributed by atoms with Crippen LogP contribution >= 0.6 is 0 Å². The predicted octanol–water partition coefficient (Wildman–Crippen LogP) is 3.40. The van der Waals surface area contributed by atoms with Crippen molar-refractivity contribution in [1.29, 1.82) is 0 Å². The van der Waals surface area contributed by atoms with Crippen LogP contribution in [0.15, 0.2) is 47.5 Å². The molecule has 6 heteroatoms. The summed E-state index contributed by atoms with van der Waals surface area (Å²) in [6, 6.07) is 5.39. The van der Waals surface area contributed by atoms with Crippen molar-refractivity contribution in [3.63, 3.8) is 0 Å². The third kappa shape index (κ3) is 6.70. The Morgan fingerprint density at radius 2 is 1.92 bits per heavy atom. The van der Waals surface area contributed by atoms with Crippen molar-refractivity contribution in [1.82, 2.24) is 15.2 Å². The van der Waals surface area contributed by atoms with Crippen molar-refractivity contribution in [2.45, 2.75) is 45.6 Å². The molecule has 0 bridgehead atoms. The molecule has 0 aliphatic rings. The van der Waals surface area contributed by atoms with Gasteiger partial charge in [-0.25, -0.2) is 0 Å². The molecular weight excluding hydrogens is 330 g/mol. The van der Waals surface area contributed by atoms with Crippen molar-refractivity contribution < 1.29 is 14.0 Å². The van der Waals surface area contributed by atoms with E-state index in [4.69, 9.17) is 4.42 Å². The number of rotatable bonds is 11. The number of carbonyl (C=O) groups excluding carboxylic acids is 2. The summed E-state index contributed by atoms with van der Waals surface area (Å²) in [4.78, 5) is 30.4. The molecule has 2 aromatic rings. The first kappa shape index (κ1) is 19.7. The Morgan fingerprint density at radius 3 is 2.62 bits per heavy atom.